The van der Waals surface area contributed by atoms with E-state index in [4.69, 9.17) is 4.74 Å². The molecule has 3 rings (SSSR count). The van der Waals surface area contributed by atoms with E-state index in [1.54, 1.807) is 6.20 Å². The van der Waals surface area contributed by atoms with Gasteiger partial charge in [0.05, 0.1) is 24.5 Å². The number of fused-ring (bicyclic) bond motifs is 1. The highest BCUT2D eigenvalue weighted by Crippen LogP contribution is 2.34. The van der Waals surface area contributed by atoms with E-state index in [-0.39, 0.29) is 6.04 Å². The summed E-state index contributed by atoms with van der Waals surface area (Å²) in [5.41, 5.74) is 3.58. The third-order valence-electron chi connectivity index (χ3n) is 3.76. The maximum Gasteiger partial charge on any atom is 0.237 e. The number of hydrogen-bond acceptors (Lipinski definition) is 4. The average Bonchev–Trinajstić information content (AvgIpc) is 2.84. The van der Waals surface area contributed by atoms with Crippen LogP contribution in [-0.2, 0) is 13.5 Å². The maximum absolute atomic E-state index is 5.58. The summed E-state index contributed by atoms with van der Waals surface area (Å²) in [4.78, 5) is 4.29. The first-order valence-corrected chi connectivity index (χ1v) is 7.14. The van der Waals surface area contributed by atoms with E-state index >= 15 is 0 Å². The third kappa shape index (κ3) is 2.35. The fourth-order valence-electron chi connectivity index (χ4n) is 2.80. The van der Waals surface area contributed by atoms with Gasteiger partial charge in [0, 0.05) is 24.5 Å². The largest absolute Gasteiger partial charge is 0.476 e. The van der Waals surface area contributed by atoms with Crippen LogP contribution in [0.25, 0.3) is 0 Å². The SMILES string of the molecule is CCOc1ncccc1NC1CCCc2c1cnn2C. The molecule has 0 aliphatic heterocycles. The van der Waals surface area contributed by atoms with Crippen molar-refractivity contribution in [3.05, 3.63) is 35.8 Å². The Morgan fingerprint density at radius 3 is 3.25 bits per heavy atom. The van der Waals surface area contributed by atoms with Crippen LogP contribution in [0.3, 0.4) is 0 Å². The molecular formula is C15H20N4O. The molecule has 5 heteroatoms. The number of nitrogens with zero attached hydrogens (tertiary/aromatic N) is 3. The maximum atomic E-state index is 5.58. The molecule has 0 aromatic carbocycles. The summed E-state index contributed by atoms with van der Waals surface area (Å²) < 4.78 is 7.56. The Morgan fingerprint density at radius 2 is 2.40 bits per heavy atom. The lowest BCUT2D eigenvalue weighted by Gasteiger charge is -2.25. The molecule has 0 spiro atoms. The summed E-state index contributed by atoms with van der Waals surface area (Å²) in [5.74, 6) is 0.672. The van der Waals surface area contributed by atoms with Gasteiger partial charge in [-0.2, -0.15) is 5.10 Å². The highest BCUT2D eigenvalue weighted by molar-refractivity contribution is 5.54. The second kappa shape index (κ2) is 5.53. The first-order valence-electron chi connectivity index (χ1n) is 7.14. The zero-order chi connectivity index (χ0) is 13.9. The Morgan fingerprint density at radius 1 is 1.50 bits per heavy atom. The minimum Gasteiger partial charge on any atom is -0.476 e. The van der Waals surface area contributed by atoms with Crippen molar-refractivity contribution >= 4 is 5.69 Å². The predicted octanol–water partition coefficient (Wildman–Crippen LogP) is 2.70. The molecule has 1 N–H and O–H groups in total. The van der Waals surface area contributed by atoms with E-state index in [0.29, 0.717) is 12.5 Å². The van der Waals surface area contributed by atoms with Gasteiger partial charge in [-0.25, -0.2) is 4.98 Å². The molecule has 0 saturated heterocycles. The Labute approximate surface area is 119 Å². The number of aromatic nitrogens is 3. The molecule has 1 aliphatic carbocycles. The van der Waals surface area contributed by atoms with Crippen LogP contribution < -0.4 is 10.1 Å². The van der Waals surface area contributed by atoms with Crippen molar-refractivity contribution in [1.29, 1.82) is 0 Å². The summed E-state index contributed by atoms with van der Waals surface area (Å²) in [6, 6.07) is 4.23. The molecule has 0 amide bonds. The van der Waals surface area contributed by atoms with E-state index in [9.17, 15) is 0 Å². The molecular weight excluding hydrogens is 252 g/mol. The van der Waals surface area contributed by atoms with Crippen LogP contribution in [0.15, 0.2) is 24.5 Å². The molecule has 0 fully saturated rings. The quantitative estimate of drug-likeness (QED) is 0.929. The second-order valence-electron chi connectivity index (χ2n) is 5.05. The van der Waals surface area contributed by atoms with Crippen LogP contribution in [0, 0.1) is 0 Å². The Kier molecular flexibility index (Phi) is 3.58. The fourth-order valence-corrected chi connectivity index (χ4v) is 2.80. The van der Waals surface area contributed by atoms with E-state index in [1.807, 2.05) is 37.0 Å². The van der Waals surface area contributed by atoms with Crippen LogP contribution in [0.5, 0.6) is 5.88 Å². The van der Waals surface area contributed by atoms with E-state index < -0.39 is 0 Å². The zero-order valence-electron chi connectivity index (χ0n) is 12.0. The highest BCUT2D eigenvalue weighted by atomic mass is 16.5. The topological polar surface area (TPSA) is 52.0 Å². The zero-order valence-corrected chi connectivity index (χ0v) is 12.0. The minimum absolute atomic E-state index is 0.288. The molecule has 106 valence electrons. The Bertz CT molecular complexity index is 593. The van der Waals surface area contributed by atoms with Gasteiger partial charge in [-0.3, -0.25) is 4.68 Å². The standard InChI is InChI=1S/C15H20N4O/c1-3-20-15-13(7-5-9-16-15)18-12-6-4-8-14-11(12)10-17-19(14)2/h5,7,9-10,12,18H,3-4,6,8H2,1-2H3. The van der Waals surface area contributed by atoms with Crippen molar-refractivity contribution in [2.75, 3.05) is 11.9 Å². The van der Waals surface area contributed by atoms with Crippen LogP contribution >= 0.6 is 0 Å². The Balaban J connectivity index is 1.86. The number of rotatable bonds is 4. The van der Waals surface area contributed by atoms with Gasteiger partial charge in [-0.1, -0.05) is 0 Å². The molecule has 5 nitrogen and oxygen atoms in total. The summed E-state index contributed by atoms with van der Waals surface area (Å²) >= 11 is 0. The van der Waals surface area contributed by atoms with E-state index in [1.165, 1.54) is 17.7 Å². The van der Waals surface area contributed by atoms with Gasteiger partial charge in [0.25, 0.3) is 0 Å². The monoisotopic (exact) mass is 272 g/mol. The number of aryl methyl sites for hydroxylation is 1. The third-order valence-corrected chi connectivity index (χ3v) is 3.76. The smallest absolute Gasteiger partial charge is 0.237 e. The van der Waals surface area contributed by atoms with Gasteiger partial charge in [0.15, 0.2) is 0 Å². The predicted molar refractivity (Wildman–Crippen MR) is 77.9 cm³/mol. The molecule has 0 radical (unpaired) electrons. The summed E-state index contributed by atoms with van der Waals surface area (Å²) in [7, 11) is 2.01. The molecule has 2 aromatic rings. The minimum atomic E-state index is 0.288. The first kappa shape index (κ1) is 13.0. The van der Waals surface area contributed by atoms with Crippen LogP contribution in [0.4, 0.5) is 5.69 Å². The van der Waals surface area contributed by atoms with Crippen LogP contribution in [0.2, 0.25) is 0 Å². The number of nitrogens with one attached hydrogen (secondary N) is 1. The van der Waals surface area contributed by atoms with Crippen LogP contribution in [-0.4, -0.2) is 21.4 Å². The van der Waals surface area contributed by atoms with Gasteiger partial charge in [0.1, 0.15) is 0 Å². The van der Waals surface area contributed by atoms with Crippen molar-refractivity contribution in [2.24, 2.45) is 7.05 Å². The van der Waals surface area contributed by atoms with Crippen molar-refractivity contribution in [3.8, 4) is 5.88 Å². The van der Waals surface area contributed by atoms with Gasteiger partial charge in [0.2, 0.25) is 5.88 Å². The summed E-state index contributed by atoms with van der Waals surface area (Å²) in [5, 5.41) is 7.94. The lowest BCUT2D eigenvalue weighted by Crippen LogP contribution is -2.18. The fraction of sp³-hybridized carbons (Fsp3) is 0.467. The van der Waals surface area contributed by atoms with Gasteiger partial charge in [-0.05, 0) is 38.3 Å². The van der Waals surface area contributed by atoms with E-state index in [2.05, 4.69) is 15.4 Å². The van der Waals surface area contributed by atoms with E-state index in [0.717, 1.165) is 18.5 Å². The lowest BCUT2D eigenvalue weighted by atomic mass is 9.93. The Hall–Kier alpha value is -2.04. The molecule has 1 unspecified atom stereocenters. The van der Waals surface area contributed by atoms with Gasteiger partial charge in [-0.15, -0.1) is 0 Å². The lowest BCUT2D eigenvalue weighted by molar-refractivity contribution is 0.328. The molecule has 20 heavy (non-hydrogen) atoms. The second-order valence-corrected chi connectivity index (χ2v) is 5.05. The van der Waals surface area contributed by atoms with Crippen molar-refractivity contribution in [1.82, 2.24) is 14.8 Å². The molecule has 2 heterocycles. The number of ether oxygens (including phenoxy) is 1. The normalized spacial score (nSPS) is 17.6. The van der Waals surface area contributed by atoms with Crippen molar-refractivity contribution < 1.29 is 4.74 Å². The molecule has 1 aliphatic rings. The molecule has 1 atom stereocenters. The van der Waals surface area contributed by atoms with Gasteiger partial charge >= 0.3 is 0 Å². The molecule has 0 saturated carbocycles. The summed E-state index contributed by atoms with van der Waals surface area (Å²) in [6.07, 6.45) is 7.12. The van der Waals surface area contributed by atoms with Gasteiger partial charge < -0.3 is 10.1 Å². The number of pyridine rings is 1. The molecule has 2 aromatic heterocycles. The number of hydrogen-bond donors (Lipinski definition) is 1. The van der Waals surface area contributed by atoms with Crippen LogP contribution in [0.1, 0.15) is 37.1 Å². The highest BCUT2D eigenvalue weighted by Gasteiger charge is 2.24. The van der Waals surface area contributed by atoms with Crippen molar-refractivity contribution in [2.45, 2.75) is 32.2 Å². The first-order chi connectivity index (χ1) is 9.79. The number of anilines is 1. The summed E-state index contributed by atoms with van der Waals surface area (Å²) in [6.45, 7) is 2.59. The van der Waals surface area contributed by atoms with Crippen molar-refractivity contribution in [3.63, 3.8) is 0 Å². The average molecular weight is 272 g/mol. The molecule has 0 bridgehead atoms.